The van der Waals surface area contributed by atoms with Gasteiger partial charge in [-0.3, -0.25) is 0 Å². The Balaban J connectivity index is 1.92. The molecule has 0 fully saturated rings. The van der Waals surface area contributed by atoms with E-state index in [2.05, 4.69) is 63.9 Å². The van der Waals surface area contributed by atoms with Gasteiger partial charge in [0.05, 0.1) is 0 Å². The maximum Gasteiger partial charge on any atom is 0.0327 e. The van der Waals surface area contributed by atoms with Crippen molar-refractivity contribution < 1.29 is 0 Å². The Morgan fingerprint density at radius 3 is 2.53 bits per heavy atom. The molecular weight excluding hydrogens is 294 g/mol. The Bertz CT molecular complexity index is 479. The highest BCUT2D eigenvalue weighted by Crippen LogP contribution is 2.22. The summed E-state index contributed by atoms with van der Waals surface area (Å²) < 4.78 is 1.21. The second-order valence-electron chi connectivity index (χ2n) is 3.92. The minimum atomic E-state index is 0.927. The zero-order chi connectivity index (χ0) is 12.1. The van der Waals surface area contributed by atoms with Crippen LogP contribution < -0.4 is 5.32 Å². The number of rotatable bonds is 5. The van der Waals surface area contributed by atoms with Crippen molar-refractivity contribution in [1.29, 1.82) is 0 Å². The van der Waals surface area contributed by atoms with Crippen molar-refractivity contribution in [3.63, 3.8) is 0 Å². The van der Waals surface area contributed by atoms with Crippen LogP contribution in [0.5, 0.6) is 0 Å². The summed E-state index contributed by atoms with van der Waals surface area (Å²) in [7, 11) is 0. The number of benzene rings is 1. The number of hydrogen-bond acceptors (Lipinski definition) is 2. The predicted molar refractivity (Wildman–Crippen MR) is 78.4 cm³/mol. The van der Waals surface area contributed by atoms with Crippen molar-refractivity contribution in [2.45, 2.75) is 26.4 Å². The standard InChI is InChI=1S/C14H16BrNS/c1-2-11-5-3-4-6-12(11)9-16-10-14-13(15)7-8-17-14/h3-8,16H,2,9-10H2,1H3. The first-order chi connectivity index (χ1) is 8.31. The van der Waals surface area contributed by atoms with Crippen molar-refractivity contribution in [1.82, 2.24) is 5.32 Å². The van der Waals surface area contributed by atoms with Gasteiger partial charge in [-0.2, -0.15) is 0 Å². The molecule has 2 rings (SSSR count). The SMILES string of the molecule is CCc1ccccc1CNCc1sccc1Br. The lowest BCUT2D eigenvalue weighted by atomic mass is 10.1. The van der Waals surface area contributed by atoms with E-state index in [0.29, 0.717) is 0 Å². The van der Waals surface area contributed by atoms with Crippen molar-refractivity contribution in [3.8, 4) is 0 Å². The average Bonchev–Trinajstić information content (AvgIpc) is 2.76. The third-order valence-electron chi connectivity index (χ3n) is 2.79. The summed E-state index contributed by atoms with van der Waals surface area (Å²) in [6.45, 7) is 4.07. The zero-order valence-electron chi connectivity index (χ0n) is 9.87. The van der Waals surface area contributed by atoms with Crippen LogP contribution in [0.2, 0.25) is 0 Å². The van der Waals surface area contributed by atoms with Gasteiger partial charge in [0.1, 0.15) is 0 Å². The molecule has 2 aromatic rings. The van der Waals surface area contributed by atoms with Gasteiger partial charge in [0.25, 0.3) is 0 Å². The molecule has 1 nitrogen and oxygen atoms in total. The third-order valence-corrected chi connectivity index (χ3v) is 4.72. The highest BCUT2D eigenvalue weighted by atomic mass is 79.9. The quantitative estimate of drug-likeness (QED) is 0.865. The molecule has 0 radical (unpaired) electrons. The molecule has 0 aliphatic heterocycles. The smallest absolute Gasteiger partial charge is 0.0327 e. The van der Waals surface area contributed by atoms with Gasteiger partial charge in [0.2, 0.25) is 0 Å². The molecule has 1 N–H and O–H groups in total. The molecule has 0 saturated heterocycles. The van der Waals surface area contributed by atoms with E-state index in [1.807, 2.05) is 0 Å². The van der Waals surface area contributed by atoms with Gasteiger partial charge in [-0.05, 0) is 44.9 Å². The van der Waals surface area contributed by atoms with Gasteiger partial charge >= 0.3 is 0 Å². The van der Waals surface area contributed by atoms with Gasteiger partial charge in [-0.25, -0.2) is 0 Å². The summed E-state index contributed by atoms with van der Waals surface area (Å²) in [5.41, 5.74) is 2.84. The Hall–Kier alpha value is -0.640. The Morgan fingerprint density at radius 2 is 1.88 bits per heavy atom. The largest absolute Gasteiger partial charge is 0.308 e. The first kappa shape index (κ1) is 12.8. The Morgan fingerprint density at radius 1 is 1.12 bits per heavy atom. The molecule has 0 amide bonds. The Labute approximate surface area is 115 Å². The van der Waals surface area contributed by atoms with Crippen LogP contribution in [0.4, 0.5) is 0 Å². The summed E-state index contributed by atoms with van der Waals surface area (Å²) in [4.78, 5) is 1.36. The zero-order valence-corrected chi connectivity index (χ0v) is 12.3. The van der Waals surface area contributed by atoms with Gasteiger partial charge in [-0.15, -0.1) is 11.3 Å². The van der Waals surface area contributed by atoms with E-state index in [1.54, 1.807) is 11.3 Å². The maximum atomic E-state index is 3.55. The van der Waals surface area contributed by atoms with Crippen LogP contribution in [0.25, 0.3) is 0 Å². The fraction of sp³-hybridized carbons (Fsp3) is 0.286. The molecule has 1 aromatic carbocycles. The van der Waals surface area contributed by atoms with E-state index in [4.69, 9.17) is 0 Å². The van der Waals surface area contributed by atoms with E-state index in [-0.39, 0.29) is 0 Å². The van der Waals surface area contributed by atoms with Gasteiger partial charge in [-0.1, -0.05) is 31.2 Å². The summed E-state index contributed by atoms with van der Waals surface area (Å²) in [5.74, 6) is 0. The lowest BCUT2D eigenvalue weighted by Gasteiger charge is -2.08. The molecule has 17 heavy (non-hydrogen) atoms. The molecule has 0 unspecified atom stereocenters. The van der Waals surface area contributed by atoms with Crippen LogP contribution >= 0.6 is 27.3 Å². The van der Waals surface area contributed by atoms with Crippen LogP contribution in [-0.4, -0.2) is 0 Å². The monoisotopic (exact) mass is 309 g/mol. The summed E-state index contributed by atoms with van der Waals surface area (Å²) >= 11 is 5.34. The second kappa shape index (κ2) is 6.34. The molecular formula is C14H16BrNS. The first-order valence-electron chi connectivity index (χ1n) is 5.80. The van der Waals surface area contributed by atoms with E-state index >= 15 is 0 Å². The number of halogens is 1. The molecule has 90 valence electrons. The highest BCUT2D eigenvalue weighted by Gasteiger charge is 2.02. The van der Waals surface area contributed by atoms with E-state index in [9.17, 15) is 0 Å². The van der Waals surface area contributed by atoms with Crippen molar-refractivity contribution in [3.05, 3.63) is 56.2 Å². The predicted octanol–water partition coefficient (Wildman–Crippen LogP) is 4.36. The molecule has 1 aromatic heterocycles. The maximum absolute atomic E-state index is 3.55. The van der Waals surface area contributed by atoms with Crippen LogP contribution in [0.3, 0.4) is 0 Å². The second-order valence-corrected chi connectivity index (χ2v) is 5.77. The fourth-order valence-corrected chi connectivity index (χ4v) is 3.30. The average molecular weight is 310 g/mol. The van der Waals surface area contributed by atoms with Gasteiger partial charge in [0.15, 0.2) is 0 Å². The van der Waals surface area contributed by atoms with Crippen molar-refractivity contribution in [2.24, 2.45) is 0 Å². The summed E-state index contributed by atoms with van der Waals surface area (Å²) in [5, 5.41) is 5.61. The van der Waals surface area contributed by atoms with Gasteiger partial charge in [0, 0.05) is 22.4 Å². The molecule has 0 aliphatic rings. The van der Waals surface area contributed by atoms with Crippen molar-refractivity contribution in [2.75, 3.05) is 0 Å². The minimum absolute atomic E-state index is 0.927. The summed E-state index contributed by atoms with van der Waals surface area (Å²) in [6.07, 6.45) is 1.10. The third kappa shape index (κ3) is 3.41. The van der Waals surface area contributed by atoms with Crippen LogP contribution in [-0.2, 0) is 19.5 Å². The van der Waals surface area contributed by atoms with Crippen LogP contribution in [0.1, 0.15) is 22.9 Å². The highest BCUT2D eigenvalue weighted by molar-refractivity contribution is 9.10. The molecule has 1 heterocycles. The topological polar surface area (TPSA) is 12.0 Å². The van der Waals surface area contributed by atoms with Crippen LogP contribution in [0.15, 0.2) is 40.2 Å². The molecule has 3 heteroatoms. The van der Waals surface area contributed by atoms with Crippen molar-refractivity contribution >= 4 is 27.3 Å². The van der Waals surface area contributed by atoms with E-state index in [0.717, 1.165) is 19.5 Å². The summed E-state index contributed by atoms with van der Waals surface area (Å²) in [6, 6.07) is 10.7. The molecule has 0 saturated carbocycles. The van der Waals surface area contributed by atoms with Gasteiger partial charge < -0.3 is 5.32 Å². The normalized spacial score (nSPS) is 10.7. The number of nitrogens with one attached hydrogen (secondary N) is 1. The molecule has 0 spiro atoms. The first-order valence-corrected chi connectivity index (χ1v) is 7.48. The number of hydrogen-bond donors (Lipinski definition) is 1. The molecule has 0 bridgehead atoms. The lowest BCUT2D eigenvalue weighted by molar-refractivity contribution is 0.694. The van der Waals surface area contributed by atoms with E-state index in [1.165, 1.54) is 20.5 Å². The molecule has 0 aliphatic carbocycles. The number of thiophene rings is 1. The lowest BCUT2D eigenvalue weighted by Crippen LogP contribution is -2.13. The molecule has 0 atom stereocenters. The Kier molecular flexibility index (Phi) is 4.77. The van der Waals surface area contributed by atoms with Crippen LogP contribution in [0, 0.1) is 0 Å². The van der Waals surface area contributed by atoms with E-state index < -0.39 is 0 Å². The number of aryl methyl sites for hydroxylation is 1. The minimum Gasteiger partial charge on any atom is -0.308 e. The fourth-order valence-electron chi connectivity index (χ4n) is 1.84.